The van der Waals surface area contributed by atoms with E-state index in [0.29, 0.717) is 24.4 Å². The third-order valence-corrected chi connectivity index (χ3v) is 3.75. The monoisotopic (exact) mass is 364 g/mol. The molecule has 0 saturated carbocycles. The zero-order valence-electron chi connectivity index (χ0n) is 12.4. The second-order valence-electron chi connectivity index (χ2n) is 4.79. The number of ether oxygens (including phenoxy) is 1. The first-order valence-corrected chi connectivity index (χ1v) is 7.60. The van der Waals surface area contributed by atoms with Gasteiger partial charge in [-0.25, -0.2) is 0 Å². The molecule has 1 aromatic carbocycles. The van der Waals surface area contributed by atoms with E-state index in [2.05, 4.69) is 21.2 Å². The van der Waals surface area contributed by atoms with Crippen molar-refractivity contribution in [2.45, 2.75) is 13.5 Å². The standard InChI is InChI=1S/C16H17BrN2O3/c1-11-8-14(22-2)10-15(20)19(11)7-6-18-16(21)12-4-3-5-13(17)9-12/h3-5,8-10H,6-7H2,1-2H3,(H,18,21). The Morgan fingerprint density at radius 2 is 2.09 bits per heavy atom. The van der Waals surface area contributed by atoms with Crippen molar-refractivity contribution in [1.82, 2.24) is 9.88 Å². The molecule has 0 aliphatic carbocycles. The van der Waals surface area contributed by atoms with Crippen LogP contribution >= 0.6 is 15.9 Å². The van der Waals surface area contributed by atoms with Gasteiger partial charge in [-0.15, -0.1) is 0 Å². The molecule has 0 atom stereocenters. The zero-order valence-corrected chi connectivity index (χ0v) is 14.0. The van der Waals surface area contributed by atoms with Gasteiger partial charge in [0.15, 0.2) is 0 Å². The van der Waals surface area contributed by atoms with Crippen LogP contribution in [0.1, 0.15) is 16.1 Å². The molecule has 0 saturated heterocycles. The molecule has 1 amide bonds. The van der Waals surface area contributed by atoms with Crippen molar-refractivity contribution >= 4 is 21.8 Å². The highest BCUT2D eigenvalue weighted by atomic mass is 79.9. The molecule has 2 aromatic rings. The lowest BCUT2D eigenvalue weighted by molar-refractivity contribution is 0.0952. The fraction of sp³-hybridized carbons (Fsp3) is 0.250. The van der Waals surface area contributed by atoms with Crippen LogP contribution in [-0.2, 0) is 6.54 Å². The Hall–Kier alpha value is -2.08. The molecule has 5 nitrogen and oxygen atoms in total. The summed E-state index contributed by atoms with van der Waals surface area (Å²) in [5.74, 6) is 0.373. The Labute approximate surface area is 137 Å². The largest absolute Gasteiger partial charge is 0.496 e. The summed E-state index contributed by atoms with van der Waals surface area (Å²) < 4.78 is 7.51. The maximum absolute atomic E-state index is 12.0. The molecule has 1 heterocycles. The van der Waals surface area contributed by atoms with Gasteiger partial charge in [0.25, 0.3) is 11.5 Å². The van der Waals surface area contributed by atoms with Crippen LogP contribution in [-0.4, -0.2) is 24.1 Å². The summed E-state index contributed by atoms with van der Waals surface area (Å²) in [7, 11) is 1.52. The second-order valence-corrected chi connectivity index (χ2v) is 5.71. The fourth-order valence-corrected chi connectivity index (χ4v) is 2.52. The van der Waals surface area contributed by atoms with Crippen LogP contribution in [0.4, 0.5) is 0 Å². The normalized spacial score (nSPS) is 10.3. The van der Waals surface area contributed by atoms with Gasteiger partial charge < -0.3 is 14.6 Å². The minimum absolute atomic E-state index is 0.145. The van der Waals surface area contributed by atoms with E-state index < -0.39 is 0 Å². The summed E-state index contributed by atoms with van der Waals surface area (Å²) in [6.45, 7) is 2.62. The smallest absolute Gasteiger partial charge is 0.254 e. The molecule has 6 heteroatoms. The fourth-order valence-electron chi connectivity index (χ4n) is 2.12. The number of rotatable bonds is 5. The Bertz CT molecular complexity index is 740. The number of aromatic nitrogens is 1. The summed E-state index contributed by atoms with van der Waals surface area (Å²) in [4.78, 5) is 24.0. The van der Waals surface area contributed by atoms with Crippen LogP contribution in [0.25, 0.3) is 0 Å². The van der Waals surface area contributed by atoms with Gasteiger partial charge in [-0.1, -0.05) is 22.0 Å². The lowest BCUT2D eigenvalue weighted by atomic mass is 10.2. The van der Waals surface area contributed by atoms with Gasteiger partial charge in [0.05, 0.1) is 7.11 Å². The number of aryl methyl sites for hydroxylation is 1. The molecule has 0 fully saturated rings. The second kappa shape index (κ2) is 7.26. The van der Waals surface area contributed by atoms with Crippen molar-refractivity contribution in [2.24, 2.45) is 0 Å². The van der Waals surface area contributed by atoms with Gasteiger partial charge in [0, 0.05) is 34.9 Å². The Morgan fingerprint density at radius 1 is 1.32 bits per heavy atom. The van der Waals surface area contributed by atoms with Crippen molar-refractivity contribution in [1.29, 1.82) is 0 Å². The summed E-state index contributed by atoms with van der Waals surface area (Å²) in [6.07, 6.45) is 0. The average Bonchev–Trinajstić information content (AvgIpc) is 2.49. The molecule has 2 rings (SSSR count). The zero-order chi connectivity index (χ0) is 16.1. The molecular formula is C16H17BrN2O3. The predicted octanol–water partition coefficient (Wildman–Crippen LogP) is 2.36. The van der Waals surface area contributed by atoms with Crippen LogP contribution in [0.5, 0.6) is 5.75 Å². The number of benzene rings is 1. The van der Waals surface area contributed by atoms with Crippen molar-refractivity contribution in [2.75, 3.05) is 13.7 Å². The molecule has 1 N–H and O–H groups in total. The van der Waals surface area contributed by atoms with Crippen molar-refractivity contribution < 1.29 is 9.53 Å². The van der Waals surface area contributed by atoms with Crippen molar-refractivity contribution in [3.05, 3.63) is 62.5 Å². The Morgan fingerprint density at radius 3 is 2.73 bits per heavy atom. The first-order valence-electron chi connectivity index (χ1n) is 6.80. The molecule has 0 bridgehead atoms. The first kappa shape index (κ1) is 16.3. The highest BCUT2D eigenvalue weighted by Gasteiger charge is 2.07. The number of carbonyl (C=O) groups excluding carboxylic acids is 1. The van der Waals surface area contributed by atoms with E-state index in [1.807, 2.05) is 13.0 Å². The highest BCUT2D eigenvalue weighted by molar-refractivity contribution is 9.10. The van der Waals surface area contributed by atoms with E-state index >= 15 is 0 Å². The molecule has 1 aromatic heterocycles. The number of hydrogen-bond donors (Lipinski definition) is 1. The van der Waals surface area contributed by atoms with Crippen LogP contribution in [0.3, 0.4) is 0 Å². The lowest BCUT2D eigenvalue weighted by Gasteiger charge is -2.12. The molecule has 0 aliphatic heterocycles. The van der Waals surface area contributed by atoms with E-state index in [-0.39, 0.29) is 11.5 Å². The topological polar surface area (TPSA) is 60.3 Å². The number of hydrogen-bond acceptors (Lipinski definition) is 3. The maximum Gasteiger partial charge on any atom is 0.254 e. The number of pyridine rings is 1. The maximum atomic E-state index is 12.0. The average molecular weight is 365 g/mol. The van der Waals surface area contributed by atoms with Crippen LogP contribution in [0.15, 0.2) is 45.7 Å². The van der Waals surface area contributed by atoms with E-state index in [1.165, 1.54) is 13.2 Å². The van der Waals surface area contributed by atoms with Gasteiger partial charge >= 0.3 is 0 Å². The van der Waals surface area contributed by atoms with Crippen LogP contribution in [0, 0.1) is 6.92 Å². The van der Waals surface area contributed by atoms with Crippen molar-refractivity contribution in [3.63, 3.8) is 0 Å². The van der Waals surface area contributed by atoms with Crippen LogP contribution in [0.2, 0.25) is 0 Å². The first-order chi connectivity index (χ1) is 10.5. The molecule has 0 radical (unpaired) electrons. The third-order valence-electron chi connectivity index (χ3n) is 3.25. The van der Waals surface area contributed by atoms with E-state index in [1.54, 1.807) is 28.8 Å². The summed E-state index contributed by atoms with van der Waals surface area (Å²) in [5.41, 5.74) is 1.22. The highest BCUT2D eigenvalue weighted by Crippen LogP contribution is 2.11. The number of nitrogens with zero attached hydrogens (tertiary/aromatic N) is 1. The predicted molar refractivity (Wildman–Crippen MR) is 88.5 cm³/mol. The summed E-state index contributed by atoms with van der Waals surface area (Å²) in [6, 6.07) is 10.4. The summed E-state index contributed by atoms with van der Waals surface area (Å²) >= 11 is 3.33. The Balaban J connectivity index is 2.00. The number of amides is 1. The van der Waals surface area contributed by atoms with E-state index in [9.17, 15) is 9.59 Å². The number of halogens is 1. The molecule has 22 heavy (non-hydrogen) atoms. The minimum Gasteiger partial charge on any atom is -0.496 e. The van der Waals surface area contributed by atoms with Gasteiger partial charge in [0.2, 0.25) is 0 Å². The molecule has 116 valence electrons. The molecule has 0 spiro atoms. The number of nitrogens with one attached hydrogen (secondary N) is 1. The quantitative estimate of drug-likeness (QED) is 0.885. The van der Waals surface area contributed by atoms with Crippen molar-refractivity contribution in [3.8, 4) is 5.75 Å². The van der Waals surface area contributed by atoms with Gasteiger partial charge in [-0.2, -0.15) is 0 Å². The van der Waals surface area contributed by atoms with Crippen LogP contribution < -0.4 is 15.6 Å². The summed E-state index contributed by atoms with van der Waals surface area (Å²) in [5, 5.41) is 2.81. The minimum atomic E-state index is -0.166. The van der Waals surface area contributed by atoms with Gasteiger partial charge in [0.1, 0.15) is 5.75 Å². The van der Waals surface area contributed by atoms with Gasteiger partial charge in [-0.05, 0) is 31.2 Å². The number of methoxy groups -OCH3 is 1. The SMILES string of the molecule is COc1cc(C)n(CCNC(=O)c2cccc(Br)c2)c(=O)c1. The third kappa shape index (κ3) is 3.98. The molecule has 0 unspecified atom stereocenters. The van der Waals surface area contributed by atoms with E-state index in [0.717, 1.165) is 10.2 Å². The lowest BCUT2D eigenvalue weighted by Crippen LogP contribution is -2.31. The number of carbonyl (C=O) groups is 1. The Kier molecular flexibility index (Phi) is 5.38. The molecular weight excluding hydrogens is 348 g/mol. The molecule has 0 aliphatic rings. The van der Waals surface area contributed by atoms with Gasteiger partial charge in [-0.3, -0.25) is 9.59 Å². The van der Waals surface area contributed by atoms with E-state index in [4.69, 9.17) is 4.74 Å².